The minimum atomic E-state index is -3.84. The Morgan fingerprint density at radius 3 is 2.47 bits per heavy atom. The Kier molecular flexibility index (Phi) is 7.66. The number of ether oxygens (including phenoxy) is 3. The topological polar surface area (TPSA) is 99.2 Å². The van der Waals surface area contributed by atoms with Gasteiger partial charge in [-0.25, -0.2) is 18.0 Å². The van der Waals surface area contributed by atoms with E-state index in [-0.39, 0.29) is 22.9 Å². The molecule has 3 rings (SSSR count). The van der Waals surface area contributed by atoms with Crippen molar-refractivity contribution >= 4 is 28.0 Å². The van der Waals surface area contributed by atoms with Gasteiger partial charge >= 0.3 is 11.9 Å². The smallest absolute Gasteiger partial charge is 0.330 e. The maximum absolute atomic E-state index is 13.1. The highest BCUT2D eigenvalue weighted by atomic mass is 32.2. The second kappa shape index (κ2) is 10.4. The van der Waals surface area contributed by atoms with E-state index in [2.05, 4.69) is 4.74 Å². The number of piperidine rings is 1. The summed E-state index contributed by atoms with van der Waals surface area (Å²) in [6.45, 7) is 0.241. The second-order valence-corrected chi connectivity index (χ2v) is 9.02. The van der Waals surface area contributed by atoms with E-state index in [1.165, 1.54) is 48.9 Å². The van der Waals surface area contributed by atoms with Gasteiger partial charge in [-0.2, -0.15) is 4.31 Å². The molecule has 0 bridgehead atoms. The van der Waals surface area contributed by atoms with Crippen LogP contribution in [0.4, 0.5) is 0 Å². The van der Waals surface area contributed by atoms with E-state index in [1.54, 1.807) is 30.3 Å². The van der Waals surface area contributed by atoms with Crippen molar-refractivity contribution in [1.29, 1.82) is 0 Å². The van der Waals surface area contributed by atoms with E-state index in [9.17, 15) is 18.0 Å². The number of carbonyl (C=O) groups is 2. The van der Waals surface area contributed by atoms with Crippen LogP contribution < -0.4 is 9.47 Å². The van der Waals surface area contributed by atoms with E-state index < -0.39 is 28.0 Å². The lowest BCUT2D eigenvalue weighted by Crippen LogP contribution is -2.49. The molecule has 2 aromatic rings. The number of esters is 2. The van der Waals surface area contributed by atoms with Gasteiger partial charge in [-0.3, -0.25) is 0 Å². The molecule has 1 saturated heterocycles. The molecule has 0 radical (unpaired) electrons. The maximum Gasteiger partial charge on any atom is 0.330 e. The van der Waals surface area contributed by atoms with E-state index in [0.29, 0.717) is 18.4 Å². The Hall–Kier alpha value is -3.17. The number of benzene rings is 2. The summed E-state index contributed by atoms with van der Waals surface area (Å²) in [6.07, 6.45) is 4.55. The molecule has 8 nitrogen and oxygen atoms in total. The SMILES string of the molecule is COC(=O)/C=C/c1ccc(OC(=O)C2CCCCN2S(=O)(=O)c2ccccc2)c(OC)c1. The first-order valence-electron chi connectivity index (χ1n) is 10.1. The zero-order valence-electron chi connectivity index (χ0n) is 17.9. The molecule has 1 aliphatic heterocycles. The van der Waals surface area contributed by atoms with Crippen LogP contribution in [-0.4, -0.2) is 51.5 Å². The predicted octanol–water partition coefficient (Wildman–Crippen LogP) is 3.03. The molecule has 9 heteroatoms. The zero-order chi connectivity index (χ0) is 23.1. The molecule has 1 fully saturated rings. The molecular weight excluding hydrogens is 434 g/mol. The van der Waals surface area contributed by atoms with Crippen molar-refractivity contribution in [3.63, 3.8) is 0 Å². The van der Waals surface area contributed by atoms with E-state index in [4.69, 9.17) is 9.47 Å². The van der Waals surface area contributed by atoms with E-state index in [1.807, 2.05) is 0 Å². The number of carbonyl (C=O) groups excluding carboxylic acids is 2. The molecule has 0 saturated carbocycles. The molecule has 0 aliphatic carbocycles. The van der Waals surface area contributed by atoms with Gasteiger partial charge in [0.25, 0.3) is 0 Å². The quantitative estimate of drug-likeness (QED) is 0.356. The molecule has 0 aromatic heterocycles. The number of hydrogen-bond donors (Lipinski definition) is 0. The largest absolute Gasteiger partial charge is 0.493 e. The van der Waals surface area contributed by atoms with Gasteiger partial charge in [0.2, 0.25) is 10.0 Å². The van der Waals surface area contributed by atoms with Crippen LogP contribution in [0, 0.1) is 0 Å². The lowest BCUT2D eigenvalue weighted by Gasteiger charge is -2.33. The van der Waals surface area contributed by atoms with Crippen molar-refractivity contribution in [2.45, 2.75) is 30.2 Å². The van der Waals surface area contributed by atoms with E-state index in [0.717, 1.165) is 6.42 Å². The Bertz CT molecular complexity index is 1100. The van der Waals surface area contributed by atoms with Crippen LogP contribution in [0.15, 0.2) is 59.5 Å². The van der Waals surface area contributed by atoms with Crippen molar-refractivity contribution in [3.05, 3.63) is 60.2 Å². The molecule has 2 aromatic carbocycles. The van der Waals surface area contributed by atoms with Gasteiger partial charge in [0, 0.05) is 12.6 Å². The summed E-state index contributed by atoms with van der Waals surface area (Å²) in [4.78, 5) is 24.4. The number of hydrogen-bond acceptors (Lipinski definition) is 7. The number of nitrogens with zero attached hydrogens (tertiary/aromatic N) is 1. The van der Waals surface area contributed by atoms with Crippen molar-refractivity contribution < 1.29 is 32.2 Å². The molecule has 1 atom stereocenters. The van der Waals surface area contributed by atoms with Crippen molar-refractivity contribution in [2.75, 3.05) is 20.8 Å². The summed E-state index contributed by atoms with van der Waals surface area (Å²) in [7, 11) is -1.14. The fourth-order valence-electron chi connectivity index (χ4n) is 3.44. The van der Waals surface area contributed by atoms with Crippen molar-refractivity contribution in [1.82, 2.24) is 4.31 Å². The van der Waals surface area contributed by atoms with Gasteiger partial charge in [0.15, 0.2) is 11.5 Å². The highest BCUT2D eigenvalue weighted by Crippen LogP contribution is 2.31. The minimum Gasteiger partial charge on any atom is -0.493 e. The first-order valence-corrected chi connectivity index (χ1v) is 11.5. The maximum atomic E-state index is 13.1. The van der Waals surface area contributed by atoms with Crippen molar-refractivity contribution in [2.24, 2.45) is 0 Å². The lowest BCUT2D eigenvalue weighted by atomic mass is 10.1. The summed E-state index contributed by atoms with van der Waals surface area (Å²) in [5.41, 5.74) is 0.637. The number of methoxy groups -OCH3 is 2. The van der Waals surface area contributed by atoms with Crippen LogP contribution in [0.25, 0.3) is 6.08 Å². The first kappa shape index (κ1) is 23.5. The van der Waals surface area contributed by atoms with Gasteiger partial charge in [-0.05, 0) is 55.2 Å². The summed E-state index contributed by atoms with van der Waals surface area (Å²) >= 11 is 0. The third-order valence-corrected chi connectivity index (χ3v) is 7.01. The average Bonchev–Trinajstić information content (AvgIpc) is 2.83. The number of rotatable bonds is 7. The fraction of sp³-hybridized carbons (Fsp3) is 0.304. The lowest BCUT2D eigenvalue weighted by molar-refractivity contribution is -0.139. The molecule has 1 aliphatic rings. The summed E-state index contributed by atoms with van der Waals surface area (Å²) in [5, 5.41) is 0. The van der Waals surface area contributed by atoms with Crippen molar-refractivity contribution in [3.8, 4) is 11.5 Å². The van der Waals surface area contributed by atoms with Gasteiger partial charge in [0.05, 0.1) is 19.1 Å². The molecule has 170 valence electrons. The standard InChI is InChI=1S/C23H25NO7S/c1-29-21-16-17(12-14-22(25)30-2)11-13-20(21)31-23(26)19-10-6-7-15-24(19)32(27,28)18-8-4-3-5-9-18/h3-5,8-9,11-14,16,19H,6-7,10,15H2,1-2H3/b14-12+. The highest BCUT2D eigenvalue weighted by Gasteiger charge is 2.39. The summed E-state index contributed by atoms with van der Waals surface area (Å²) in [6, 6.07) is 11.9. The third kappa shape index (κ3) is 5.35. The van der Waals surface area contributed by atoms with Crippen LogP contribution in [0.2, 0.25) is 0 Å². The van der Waals surface area contributed by atoms with Crippen LogP contribution in [0.5, 0.6) is 11.5 Å². The molecule has 1 heterocycles. The average molecular weight is 460 g/mol. The zero-order valence-corrected chi connectivity index (χ0v) is 18.7. The predicted molar refractivity (Wildman–Crippen MR) is 118 cm³/mol. The van der Waals surface area contributed by atoms with Crippen LogP contribution >= 0.6 is 0 Å². The van der Waals surface area contributed by atoms with Gasteiger partial charge in [-0.1, -0.05) is 24.3 Å². The monoisotopic (exact) mass is 459 g/mol. The molecule has 0 N–H and O–H groups in total. The second-order valence-electron chi connectivity index (χ2n) is 7.13. The minimum absolute atomic E-state index is 0.138. The fourth-order valence-corrected chi connectivity index (χ4v) is 5.10. The summed E-state index contributed by atoms with van der Waals surface area (Å²) < 4.78 is 42.9. The van der Waals surface area contributed by atoms with Gasteiger partial charge in [0.1, 0.15) is 6.04 Å². The van der Waals surface area contributed by atoms with E-state index >= 15 is 0 Å². The molecule has 32 heavy (non-hydrogen) atoms. The Labute approximate surface area is 187 Å². The van der Waals surface area contributed by atoms with Crippen LogP contribution in [0.3, 0.4) is 0 Å². The van der Waals surface area contributed by atoms with Gasteiger partial charge < -0.3 is 14.2 Å². The normalized spacial score (nSPS) is 17.1. The molecular formula is C23H25NO7S. The Morgan fingerprint density at radius 2 is 1.78 bits per heavy atom. The Morgan fingerprint density at radius 1 is 1.03 bits per heavy atom. The molecule has 0 amide bonds. The Balaban J connectivity index is 1.82. The number of sulfonamides is 1. The highest BCUT2D eigenvalue weighted by molar-refractivity contribution is 7.89. The summed E-state index contributed by atoms with van der Waals surface area (Å²) in [5.74, 6) is -0.731. The molecule has 1 unspecified atom stereocenters. The molecule has 0 spiro atoms. The first-order chi connectivity index (χ1) is 15.4. The van der Waals surface area contributed by atoms with Crippen LogP contribution in [0.1, 0.15) is 24.8 Å². The third-order valence-electron chi connectivity index (χ3n) is 5.09. The van der Waals surface area contributed by atoms with Crippen LogP contribution in [-0.2, 0) is 24.3 Å². The van der Waals surface area contributed by atoms with Gasteiger partial charge in [-0.15, -0.1) is 0 Å².